The second kappa shape index (κ2) is 2.84. The first-order chi connectivity index (χ1) is 4.74. The van der Waals surface area contributed by atoms with Crippen molar-refractivity contribution in [1.29, 1.82) is 0 Å². The Hall–Kier alpha value is -0.830. The summed E-state index contributed by atoms with van der Waals surface area (Å²) in [6.07, 6.45) is 1.01. The molecule has 1 aliphatic heterocycles. The molecule has 0 N–H and O–H groups in total. The Morgan fingerprint density at radius 1 is 1.80 bits per heavy atom. The van der Waals surface area contributed by atoms with Crippen LogP contribution in [0.2, 0.25) is 0 Å². The Labute approximate surface area is 59.6 Å². The van der Waals surface area contributed by atoms with E-state index < -0.39 is 6.29 Å². The fraction of sp³-hybridized carbons (Fsp3) is 0.571. The van der Waals surface area contributed by atoms with Gasteiger partial charge in [-0.15, -0.1) is 0 Å². The van der Waals surface area contributed by atoms with Gasteiger partial charge in [-0.3, -0.25) is 0 Å². The van der Waals surface area contributed by atoms with Crippen LogP contribution in [0.15, 0.2) is 11.6 Å². The molecule has 0 saturated heterocycles. The molecule has 1 unspecified atom stereocenters. The van der Waals surface area contributed by atoms with Gasteiger partial charge in [-0.25, -0.2) is 4.79 Å². The SMILES string of the molecule is CCOC1OC(=O)C=C1C. The molecule has 3 heteroatoms. The van der Waals surface area contributed by atoms with Gasteiger partial charge in [0.15, 0.2) is 0 Å². The van der Waals surface area contributed by atoms with Crippen molar-refractivity contribution >= 4 is 5.97 Å². The van der Waals surface area contributed by atoms with E-state index in [0.29, 0.717) is 6.61 Å². The van der Waals surface area contributed by atoms with E-state index in [1.165, 1.54) is 6.08 Å². The molecule has 0 aliphatic carbocycles. The van der Waals surface area contributed by atoms with Gasteiger partial charge in [0, 0.05) is 18.3 Å². The molecular formula is C7H10O3. The average molecular weight is 142 g/mol. The highest BCUT2D eigenvalue weighted by Gasteiger charge is 2.22. The van der Waals surface area contributed by atoms with Crippen LogP contribution in [0.5, 0.6) is 0 Å². The molecule has 1 aliphatic rings. The maximum atomic E-state index is 10.6. The molecule has 10 heavy (non-hydrogen) atoms. The summed E-state index contributed by atoms with van der Waals surface area (Å²) in [6.45, 7) is 4.23. The first kappa shape index (κ1) is 7.28. The molecule has 0 aromatic heterocycles. The molecule has 0 radical (unpaired) electrons. The lowest BCUT2D eigenvalue weighted by atomic mass is 10.3. The molecule has 0 spiro atoms. The number of rotatable bonds is 2. The zero-order valence-corrected chi connectivity index (χ0v) is 6.09. The predicted octanol–water partition coefficient (Wildman–Crippen LogP) is 0.852. The van der Waals surface area contributed by atoms with Gasteiger partial charge < -0.3 is 9.47 Å². The molecule has 0 aromatic rings. The Bertz CT molecular complexity index is 172. The van der Waals surface area contributed by atoms with Crippen LogP contribution in [-0.4, -0.2) is 18.9 Å². The minimum absolute atomic E-state index is 0.309. The Balaban J connectivity index is 2.51. The van der Waals surface area contributed by atoms with E-state index in [1.54, 1.807) is 0 Å². The van der Waals surface area contributed by atoms with Gasteiger partial charge in [0.1, 0.15) is 0 Å². The monoisotopic (exact) mass is 142 g/mol. The highest BCUT2D eigenvalue weighted by Crippen LogP contribution is 2.15. The number of ether oxygens (including phenoxy) is 2. The summed E-state index contributed by atoms with van der Waals surface area (Å²) in [7, 11) is 0. The first-order valence-corrected chi connectivity index (χ1v) is 3.24. The maximum Gasteiger partial charge on any atom is 0.333 e. The second-order valence-electron chi connectivity index (χ2n) is 2.11. The lowest BCUT2D eigenvalue weighted by Crippen LogP contribution is -2.14. The van der Waals surface area contributed by atoms with Crippen molar-refractivity contribution < 1.29 is 14.3 Å². The molecule has 3 nitrogen and oxygen atoms in total. The second-order valence-corrected chi connectivity index (χ2v) is 2.11. The van der Waals surface area contributed by atoms with Gasteiger partial charge in [0.05, 0.1) is 0 Å². The third kappa shape index (κ3) is 1.36. The van der Waals surface area contributed by atoms with Crippen LogP contribution < -0.4 is 0 Å². The highest BCUT2D eigenvalue weighted by atomic mass is 16.7. The van der Waals surface area contributed by atoms with Gasteiger partial charge in [-0.05, 0) is 13.8 Å². The summed E-state index contributed by atoms with van der Waals surface area (Å²) in [5, 5.41) is 0. The number of hydrogen-bond donors (Lipinski definition) is 0. The summed E-state index contributed by atoms with van der Waals surface area (Å²) in [6, 6.07) is 0. The molecule has 56 valence electrons. The third-order valence-corrected chi connectivity index (χ3v) is 1.26. The van der Waals surface area contributed by atoms with Crippen LogP contribution in [0, 0.1) is 0 Å². The molecule has 0 bridgehead atoms. The van der Waals surface area contributed by atoms with Crippen molar-refractivity contribution in [2.75, 3.05) is 6.61 Å². The fourth-order valence-corrected chi connectivity index (χ4v) is 0.803. The van der Waals surface area contributed by atoms with Crippen LogP contribution in [-0.2, 0) is 14.3 Å². The molecule has 0 fully saturated rings. The quantitative estimate of drug-likeness (QED) is 0.536. The summed E-state index contributed by atoms with van der Waals surface area (Å²) in [5.74, 6) is -0.309. The highest BCUT2D eigenvalue weighted by molar-refractivity contribution is 5.85. The van der Waals surface area contributed by atoms with Crippen molar-refractivity contribution in [2.45, 2.75) is 20.1 Å². The van der Waals surface area contributed by atoms with Gasteiger partial charge in [0.25, 0.3) is 0 Å². The fourth-order valence-electron chi connectivity index (χ4n) is 0.803. The Kier molecular flexibility index (Phi) is 2.06. The summed E-state index contributed by atoms with van der Waals surface area (Å²) < 4.78 is 9.83. The number of carbonyl (C=O) groups is 1. The Morgan fingerprint density at radius 2 is 2.50 bits per heavy atom. The summed E-state index contributed by atoms with van der Waals surface area (Å²) in [4.78, 5) is 10.6. The van der Waals surface area contributed by atoms with Crippen LogP contribution in [0.1, 0.15) is 13.8 Å². The van der Waals surface area contributed by atoms with Crippen molar-refractivity contribution in [2.24, 2.45) is 0 Å². The van der Waals surface area contributed by atoms with Gasteiger partial charge in [0.2, 0.25) is 6.29 Å². The lowest BCUT2D eigenvalue weighted by Gasteiger charge is -2.09. The summed E-state index contributed by atoms with van der Waals surface area (Å²) in [5.41, 5.74) is 0.840. The normalized spacial score (nSPS) is 24.4. The zero-order chi connectivity index (χ0) is 7.56. The van der Waals surface area contributed by atoms with Crippen molar-refractivity contribution in [3.63, 3.8) is 0 Å². The van der Waals surface area contributed by atoms with Gasteiger partial charge in [-0.1, -0.05) is 0 Å². The van der Waals surface area contributed by atoms with Crippen LogP contribution >= 0.6 is 0 Å². The average Bonchev–Trinajstić information content (AvgIpc) is 2.13. The zero-order valence-electron chi connectivity index (χ0n) is 6.09. The Morgan fingerprint density at radius 3 is 2.90 bits per heavy atom. The maximum absolute atomic E-state index is 10.6. The van der Waals surface area contributed by atoms with Crippen LogP contribution in [0.3, 0.4) is 0 Å². The first-order valence-electron chi connectivity index (χ1n) is 3.24. The number of carbonyl (C=O) groups excluding carboxylic acids is 1. The lowest BCUT2D eigenvalue weighted by molar-refractivity contribution is -0.158. The molecule has 0 aromatic carbocycles. The molecule has 1 heterocycles. The van der Waals surface area contributed by atoms with Crippen LogP contribution in [0.4, 0.5) is 0 Å². The topological polar surface area (TPSA) is 35.5 Å². The largest absolute Gasteiger partial charge is 0.428 e. The molecular weight excluding hydrogens is 132 g/mol. The molecule has 0 saturated carbocycles. The summed E-state index contributed by atoms with van der Waals surface area (Å²) >= 11 is 0. The van der Waals surface area contributed by atoms with Crippen molar-refractivity contribution in [1.82, 2.24) is 0 Å². The van der Waals surface area contributed by atoms with E-state index in [0.717, 1.165) is 5.57 Å². The minimum Gasteiger partial charge on any atom is -0.428 e. The smallest absolute Gasteiger partial charge is 0.333 e. The van der Waals surface area contributed by atoms with Crippen molar-refractivity contribution in [3.05, 3.63) is 11.6 Å². The van der Waals surface area contributed by atoms with Gasteiger partial charge >= 0.3 is 5.97 Å². The molecule has 1 atom stereocenters. The third-order valence-electron chi connectivity index (χ3n) is 1.26. The van der Waals surface area contributed by atoms with Crippen molar-refractivity contribution in [3.8, 4) is 0 Å². The van der Waals surface area contributed by atoms with E-state index in [-0.39, 0.29) is 5.97 Å². The number of cyclic esters (lactones) is 1. The number of esters is 1. The standard InChI is InChI=1S/C7H10O3/c1-3-9-7-5(2)4-6(8)10-7/h4,7H,3H2,1-2H3. The van der Waals surface area contributed by atoms with E-state index in [2.05, 4.69) is 0 Å². The minimum atomic E-state index is -0.433. The van der Waals surface area contributed by atoms with E-state index >= 15 is 0 Å². The van der Waals surface area contributed by atoms with E-state index in [4.69, 9.17) is 9.47 Å². The van der Waals surface area contributed by atoms with E-state index in [9.17, 15) is 4.79 Å². The van der Waals surface area contributed by atoms with Crippen LogP contribution in [0.25, 0.3) is 0 Å². The number of hydrogen-bond acceptors (Lipinski definition) is 3. The molecule has 1 rings (SSSR count). The van der Waals surface area contributed by atoms with E-state index in [1.807, 2.05) is 13.8 Å². The molecule has 0 amide bonds. The van der Waals surface area contributed by atoms with Gasteiger partial charge in [-0.2, -0.15) is 0 Å². The predicted molar refractivity (Wildman–Crippen MR) is 35.3 cm³/mol.